The van der Waals surface area contributed by atoms with Crippen molar-refractivity contribution >= 4 is 8.25 Å². The van der Waals surface area contributed by atoms with Crippen LogP contribution in [0.1, 0.15) is 6.92 Å². The first-order chi connectivity index (χ1) is 3.15. The molecule has 0 unspecified atom stereocenters. The largest absolute Gasteiger partial charge is 1.00 e. The summed E-state index contributed by atoms with van der Waals surface area (Å²) < 4.78 is 8.70. The predicted molar refractivity (Wildman–Crippen MR) is 22.6 cm³/mol. The van der Waals surface area contributed by atoms with Gasteiger partial charge in [-0.25, -0.2) is 0 Å². The Bertz CT molecular complexity index is 45.3. The maximum absolute atomic E-state index is 8.93. The van der Waals surface area contributed by atoms with Gasteiger partial charge in [0.05, 0.1) is 0 Å². The first-order valence-electron chi connectivity index (χ1n) is 1.58. The topological polar surface area (TPSA) is 80.6 Å². The zero-order valence-corrected chi connectivity index (χ0v) is 7.76. The maximum Gasteiger partial charge on any atom is 1.00 e. The van der Waals surface area contributed by atoms with Gasteiger partial charge in [0.25, 0.3) is 0 Å². The zero-order chi connectivity index (χ0) is 6.28. The average Bonchev–Trinajstić information content (AvgIpc) is 1.33. The van der Waals surface area contributed by atoms with Crippen LogP contribution < -0.4 is 34.7 Å². The zero-order valence-electron chi connectivity index (χ0n) is 4.87. The second kappa shape index (κ2) is 15.7. The van der Waals surface area contributed by atoms with Gasteiger partial charge in [0.2, 0.25) is 0 Å². The molecule has 0 aromatic rings. The van der Waals surface area contributed by atoms with Gasteiger partial charge in [0.1, 0.15) is 0 Å². The Labute approximate surface area is 70.8 Å². The molecule has 0 saturated carbocycles. The van der Waals surface area contributed by atoms with Gasteiger partial charge in [-0.15, -0.1) is 16.4 Å². The molecule has 0 aliphatic rings. The van der Waals surface area contributed by atoms with Crippen molar-refractivity contribution in [1.29, 1.82) is 0 Å². The third-order valence-corrected chi connectivity index (χ3v) is 0. The fourth-order valence-corrected chi connectivity index (χ4v) is 0. The molecule has 0 radical (unpaired) electrons. The van der Waals surface area contributed by atoms with E-state index in [0.717, 1.165) is 0 Å². The first kappa shape index (κ1) is 16.0. The maximum atomic E-state index is 8.93. The molecule has 8 heavy (non-hydrogen) atoms. The van der Waals surface area contributed by atoms with Crippen molar-refractivity contribution in [3.8, 4) is 0 Å². The van der Waals surface area contributed by atoms with Gasteiger partial charge in [-0.1, -0.05) is 6.92 Å². The fourth-order valence-electron chi connectivity index (χ4n) is 0. The molecule has 0 aliphatic heterocycles. The summed E-state index contributed by atoms with van der Waals surface area (Å²) in [4.78, 5) is 14.2. The molecule has 0 rings (SSSR count). The van der Waals surface area contributed by atoms with Crippen molar-refractivity contribution in [3.05, 3.63) is 0 Å². The van der Waals surface area contributed by atoms with Gasteiger partial charge in [0, 0.05) is 4.57 Å². The van der Waals surface area contributed by atoms with Crippen LogP contribution in [0.3, 0.4) is 0 Å². The Balaban J connectivity index is -0.0000000575. The van der Waals surface area contributed by atoms with Crippen molar-refractivity contribution in [2.45, 2.75) is 6.92 Å². The molecule has 0 atom stereocenters. The monoisotopic (exact) mass is 149 g/mol. The molecule has 0 amide bonds. The molecular weight excluding hydrogens is 142 g/mol. The van der Waals surface area contributed by atoms with E-state index in [2.05, 4.69) is 0 Å². The standard InChI is InChI=1S/C2H5O.Na.HO3P/c1-2-3;;1-4(2)3/h2H2,1H3;;(H-,1,2,3)/q-1;+1;/p+1. The van der Waals surface area contributed by atoms with Crippen LogP contribution in [-0.4, -0.2) is 16.4 Å². The van der Waals surface area contributed by atoms with E-state index >= 15 is 0 Å². The summed E-state index contributed by atoms with van der Waals surface area (Å²) >= 11 is 0. The van der Waals surface area contributed by atoms with Crippen LogP contribution in [0.4, 0.5) is 0 Å². The van der Waals surface area contributed by atoms with Gasteiger partial charge in [-0.3, -0.25) is 0 Å². The SMILES string of the molecule is CC[O-].O=[P+](O)O.[Na+]. The predicted octanol–water partition coefficient (Wildman–Crippen LogP) is -4.00. The molecule has 0 aromatic heterocycles. The minimum Gasteiger partial charge on any atom is -0.855 e. The van der Waals surface area contributed by atoms with Crippen LogP contribution in [0, 0.1) is 0 Å². The van der Waals surface area contributed by atoms with Gasteiger partial charge >= 0.3 is 37.8 Å². The summed E-state index contributed by atoms with van der Waals surface area (Å²) in [5.74, 6) is 0. The summed E-state index contributed by atoms with van der Waals surface area (Å²) in [7, 11) is -2.87. The molecule has 44 valence electrons. The second-order valence-corrected chi connectivity index (χ2v) is 1.05. The first-order valence-corrected chi connectivity index (χ1v) is 2.74. The molecule has 0 aromatic carbocycles. The van der Waals surface area contributed by atoms with E-state index in [9.17, 15) is 0 Å². The molecular formula is C2H7NaO4P+. The van der Waals surface area contributed by atoms with Crippen LogP contribution in [-0.2, 0) is 4.57 Å². The van der Waals surface area contributed by atoms with Crippen LogP contribution in [0.5, 0.6) is 0 Å². The Kier molecular flexibility index (Phi) is 31.3. The van der Waals surface area contributed by atoms with Crippen molar-refractivity contribution in [2.24, 2.45) is 0 Å². The summed E-state index contributed by atoms with van der Waals surface area (Å²) in [6.07, 6.45) is 0. The Morgan fingerprint density at radius 1 is 1.62 bits per heavy atom. The van der Waals surface area contributed by atoms with Crippen LogP contribution >= 0.6 is 8.25 Å². The van der Waals surface area contributed by atoms with Gasteiger partial charge in [-0.2, -0.15) is 0 Å². The molecule has 0 saturated heterocycles. The Morgan fingerprint density at radius 3 is 1.62 bits per heavy atom. The number of hydrogen-bond acceptors (Lipinski definition) is 2. The van der Waals surface area contributed by atoms with E-state index in [1.165, 1.54) is 0 Å². The van der Waals surface area contributed by atoms with Crippen molar-refractivity contribution < 1.29 is 49.0 Å². The molecule has 6 heteroatoms. The minimum absolute atomic E-state index is 0. The molecule has 0 heterocycles. The summed E-state index contributed by atoms with van der Waals surface area (Å²) in [6.45, 7) is 1.57. The summed E-state index contributed by atoms with van der Waals surface area (Å²) in [5.41, 5.74) is 0. The van der Waals surface area contributed by atoms with Crippen molar-refractivity contribution in [1.82, 2.24) is 0 Å². The van der Waals surface area contributed by atoms with Gasteiger partial charge in [0.15, 0.2) is 0 Å². The van der Waals surface area contributed by atoms with E-state index in [1.807, 2.05) is 0 Å². The summed E-state index contributed by atoms with van der Waals surface area (Å²) in [6, 6.07) is 0. The molecule has 0 fully saturated rings. The average molecular weight is 149 g/mol. The fraction of sp³-hybridized carbons (Fsp3) is 1.00. The van der Waals surface area contributed by atoms with E-state index in [1.54, 1.807) is 6.92 Å². The van der Waals surface area contributed by atoms with Gasteiger partial charge < -0.3 is 5.11 Å². The smallest absolute Gasteiger partial charge is 0.855 e. The molecule has 4 nitrogen and oxygen atoms in total. The van der Waals surface area contributed by atoms with E-state index < -0.39 is 8.25 Å². The third kappa shape index (κ3) is 260. The molecule has 0 aliphatic carbocycles. The number of hydrogen-bond donors (Lipinski definition) is 2. The van der Waals surface area contributed by atoms with Crippen molar-refractivity contribution in [3.63, 3.8) is 0 Å². The van der Waals surface area contributed by atoms with Crippen molar-refractivity contribution in [2.75, 3.05) is 6.61 Å². The quantitative estimate of drug-likeness (QED) is 0.271. The number of rotatable bonds is 0. The summed E-state index contributed by atoms with van der Waals surface area (Å²) in [5, 5.41) is 8.93. The second-order valence-electron chi connectivity index (χ2n) is 0.541. The normalized spacial score (nSPS) is 5.50. The Hall–Kier alpha value is 0.980. The van der Waals surface area contributed by atoms with E-state index in [4.69, 9.17) is 19.5 Å². The van der Waals surface area contributed by atoms with E-state index in [0.29, 0.717) is 0 Å². The van der Waals surface area contributed by atoms with Crippen LogP contribution in [0.15, 0.2) is 0 Å². The van der Waals surface area contributed by atoms with Crippen LogP contribution in [0.25, 0.3) is 0 Å². The molecule has 0 spiro atoms. The molecule has 2 N–H and O–H groups in total. The minimum atomic E-state index is -2.87. The van der Waals surface area contributed by atoms with E-state index in [-0.39, 0.29) is 36.2 Å². The van der Waals surface area contributed by atoms with Crippen LogP contribution in [0.2, 0.25) is 0 Å². The molecule has 0 bridgehead atoms. The van der Waals surface area contributed by atoms with Gasteiger partial charge in [-0.05, 0) is 0 Å². The Morgan fingerprint density at radius 2 is 1.62 bits per heavy atom. The third-order valence-electron chi connectivity index (χ3n) is 0.